The van der Waals surface area contributed by atoms with Gasteiger partial charge in [-0.25, -0.2) is 0 Å². The van der Waals surface area contributed by atoms with E-state index in [-0.39, 0.29) is 30.5 Å². The van der Waals surface area contributed by atoms with Crippen molar-refractivity contribution in [3.63, 3.8) is 0 Å². The van der Waals surface area contributed by atoms with Gasteiger partial charge in [-0.15, -0.1) is 0 Å². The molecule has 3 rings (SSSR count). The zero-order valence-corrected chi connectivity index (χ0v) is 10.6. The van der Waals surface area contributed by atoms with E-state index in [2.05, 4.69) is 0 Å². The Balaban J connectivity index is 1.91. The van der Waals surface area contributed by atoms with Gasteiger partial charge in [0.2, 0.25) is 0 Å². The maximum atomic E-state index is 12.5. The molecule has 1 amide bonds. The van der Waals surface area contributed by atoms with Gasteiger partial charge in [0.15, 0.2) is 0 Å². The summed E-state index contributed by atoms with van der Waals surface area (Å²) in [5.74, 6) is -2.06. The second-order valence-electron chi connectivity index (χ2n) is 5.41. The molecule has 20 heavy (non-hydrogen) atoms. The summed E-state index contributed by atoms with van der Waals surface area (Å²) >= 11 is 0. The van der Waals surface area contributed by atoms with E-state index in [0.717, 1.165) is 17.0 Å². The largest absolute Gasteiger partial charge is 0.471 e. The van der Waals surface area contributed by atoms with E-state index in [1.807, 2.05) is 0 Å². The molecule has 7 heteroatoms. The van der Waals surface area contributed by atoms with Gasteiger partial charge >= 0.3 is 12.1 Å². The Morgan fingerprint density at radius 1 is 1.20 bits per heavy atom. The van der Waals surface area contributed by atoms with Gasteiger partial charge in [0.25, 0.3) is 5.56 Å². The number of alkyl halides is 3. The first-order valence-corrected chi connectivity index (χ1v) is 6.42. The van der Waals surface area contributed by atoms with Crippen LogP contribution in [0, 0.1) is 5.92 Å². The van der Waals surface area contributed by atoms with E-state index in [4.69, 9.17) is 0 Å². The molecule has 2 bridgehead atoms. The molecule has 2 aliphatic rings. The average Bonchev–Trinajstić information content (AvgIpc) is 2.38. The Hall–Kier alpha value is -1.79. The quantitative estimate of drug-likeness (QED) is 0.722. The lowest BCUT2D eigenvalue weighted by Crippen LogP contribution is -2.52. The minimum atomic E-state index is -4.83. The molecule has 1 aromatic rings. The summed E-state index contributed by atoms with van der Waals surface area (Å²) in [7, 11) is 0. The highest BCUT2D eigenvalue weighted by molar-refractivity contribution is 5.82. The maximum absolute atomic E-state index is 12.5. The highest BCUT2D eigenvalue weighted by Gasteiger charge is 2.46. The van der Waals surface area contributed by atoms with Crippen molar-refractivity contribution in [1.82, 2.24) is 9.47 Å². The molecular formula is C13H13F3N2O2. The van der Waals surface area contributed by atoms with Gasteiger partial charge in [-0.2, -0.15) is 13.2 Å². The van der Waals surface area contributed by atoms with Gasteiger partial charge in [0.05, 0.1) is 0 Å². The van der Waals surface area contributed by atoms with E-state index >= 15 is 0 Å². The number of likely N-dealkylation sites (tertiary alicyclic amines) is 1. The summed E-state index contributed by atoms with van der Waals surface area (Å²) in [6.07, 6.45) is -4.10. The predicted molar refractivity (Wildman–Crippen MR) is 64.2 cm³/mol. The normalized spacial score (nSPS) is 25.2. The molecular weight excluding hydrogens is 273 g/mol. The maximum Gasteiger partial charge on any atom is 0.471 e. The minimum Gasteiger partial charge on any atom is -0.334 e. The van der Waals surface area contributed by atoms with Crippen molar-refractivity contribution < 1.29 is 18.0 Å². The van der Waals surface area contributed by atoms with Crippen molar-refractivity contribution >= 4 is 5.91 Å². The van der Waals surface area contributed by atoms with Gasteiger partial charge in [0, 0.05) is 37.3 Å². The summed E-state index contributed by atoms with van der Waals surface area (Å²) < 4.78 is 39.2. The number of carbonyl (C=O) groups excluding carboxylic acids is 1. The Labute approximate surface area is 112 Å². The second kappa shape index (κ2) is 4.36. The first-order valence-electron chi connectivity index (χ1n) is 6.42. The topological polar surface area (TPSA) is 42.3 Å². The number of hydrogen-bond acceptors (Lipinski definition) is 2. The Bertz CT molecular complexity index is 608. The lowest BCUT2D eigenvalue weighted by molar-refractivity contribution is -0.187. The number of pyridine rings is 1. The summed E-state index contributed by atoms with van der Waals surface area (Å²) in [5, 5.41) is 0. The van der Waals surface area contributed by atoms with Crippen molar-refractivity contribution in [3.8, 4) is 0 Å². The summed E-state index contributed by atoms with van der Waals surface area (Å²) in [4.78, 5) is 24.0. The van der Waals surface area contributed by atoms with Crippen LogP contribution in [-0.4, -0.2) is 34.6 Å². The van der Waals surface area contributed by atoms with Crippen LogP contribution in [0.4, 0.5) is 13.2 Å². The molecule has 1 saturated heterocycles. The summed E-state index contributed by atoms with van der Waals surface area (Å²) in [5.41, 5.74) is 0.598. The molecule has 0 N–H and O–H groups in total. The van der Waals surface area contributed by atoms with E-state index in [1.165, 1.54) is 6.07 Å². The van der Waals surface area contributed by atoms with Gasteiger partial charge in [-0.1, -0.05) is 6.07 Å². The van der Waals surface area contributed by atoms with Crippen LogP contribution in [-0.2, 0) is 11.3 Å². The zero-order valence-electron chi connectivity index (χ0n) is 10.6. The molecule has 0 aliphatic carbocycles. The summed E-state index contributed by atoms with van der Waals surface area (Å²) in [6, 6.07) is 4.81. The van der Waals surface area contributed by atoms with Crippen molar-refractivity contribution in [1.29, 1.82) is 0 Å². The van der Waals surface area contributed by atoms with Gasteiger partial charge in [-0.05, 0) is 18.4 Å². The average molecular weight is 286 g/mol. The molecule has 2 aliphatic heterocycles. The standard InChI is InChI=1S/C13H13F3N2O2/c14-13(15,16)12(20)17-5-8-4-9(7-17)10-2-1-3-11(19)18(10)6-8/h1-3,8-9H,4-7H2/t8-,9-/m1/s1. The zero-order chi connectivity index (χ0) is 14.5. The van der Waals surface area contributed by atoms with Crippen molar-refractivity contribution in [3.05, 3.63) is 34.2 Å². The molecule has 0 aromatic carbocycles. The van der Waals surface area contributed by atoms with Crippen molar-refractivity contribution in [2.45, 2.75) is 25.1 Å². The Morgan fingerprint density at radius 3 is 2.65 bits per heavy atom. The fourth-order valence-electron chi connectivity index (χ4n) is 3.24. The third-order valence-corrected chi connectivity index (χ3v) is 4.01. The number of hydrogen-bond donors (Lipinski definition) is 0. The SMILES string of the molecule is O=C(N1C[C@H]2C[C@H](C1)c1cccc(=O)n1C2)C(F)(F)F. The number of fused-ring (bicyclic) bond motifs is 4. The van der Waals surface area contributed by atoms with Crippen molar-refractivity contribution in [2.75, 3.05) is 13.1 Å². The third-order valence-electron chi connectivity index (χ3n) is 4.01. The number of carbonyl (C=O) groups is 1. The van der Waals surface area contributed by atoms with Crippen LogP contribution in [0.25, 0.3) is 0 Å². The molecule has 0 spiro atoms. The van der Waals surface area contributed by atoms with Crippen molar-refractivity contribution in [2.24, 2.45) is 5.92 Å². The van der Waals surface area contributed by atoms with Crippen LogP contribution in [0.5, 0.6) is 0 Å². The molecule has 108 valence electrons. The van der Waals surface area contributed by atoms with E-state index in [0.29, 0.717) is 6.54 Å². The van der Waals surface area contributed by atoms with Crippen LogP contribution < -0.4 is 5.56 Å². The smallest absolute Gasteiger partial charge is 0.334 e. The predicted octanol–water partition coefficient (Wildman–Crippen LogP) is 1.36. The molecule has 1 aromatic heterocycles. The summed E-state index contributed by atoms with van der Waals surface area (Å²) in [6.45, 7) is 0.473. The van der Waals surface area contributed by atoms with Crippen LogP contribution in [0.3, 0.4) is 0 Å². The molecule has 0 saturated carbocycles. The highest BCUT2D eigenvalue weighted by Crippen LogP contribution is 2.36. The van der Waals surface area contributed by atoms with Crippen LogP contribution in [0.2, 0.25) is 0 Å². The highest BCUT2D eigenvalue weighted by atomic mass is 19.4. The fourth-order valence-corrected chi connectivity index (χ4v) is 3.24. The molecule has 4 nitrogen and oxygen atoms in total. The van der Waals surface area contributed by atoms with Crippen LogP contribution in [0.1, 0.15) is 18.0 Å². The second-order valence-corrected chi connectivity index (χ2v) is 5.41. The van der Waals surface area contributed by atoms with E-state index < -0.39 is 12.1 Å². The molecule has 1 fully saturated rings. The molecule has 0 radical (unpaired) electrons. The number of rotatable bonds is 0. The first kappa shape index (κ1) is 13.2. The fraction of sp³-hybridized carbons (Fsp3) is 0.538. The third kappa shape index (κ3) is 2.10. The number of piperidine rings is 1. The van der Waals surface area contributed by atoms with Gasteiger partial charge < -0.3 is 9.47 Å². The molecule has 2 atom stereocenters. The number of halogens is 3. The number of amides is 1. The van der Waals surface area contributed by atoms with Gasteiger partial charge in [0.1, 0.15) is 0 Å². The first-order chi connectivity index (χ1) is 9.36. The lowest BCUT2D eigenvalue weighted by atomic mass is 9.83. The van der Waals surface area contributed by atoms with Crippen LogP contribution in [0.15, 0.2) is 23.0 Å². The lowest BCUT2D eigenvalue weighted by Gasteiger charge is -2.42. The van der Waals surface area contributed by atoms with E-state index in [1.54, 1.807) is 16.7 Å². The molecule has 3 heterocycles. The number of nitrogens with zero attached hydrogens (tertiary/aromatic N) is 2. The number of aromatic nitrogens is 1. The Morgan fingerprint density at radius 2 is 1.95 bits per heavy atom. The van der Waals surface area contributed by atoms with E-state index in [9.17, 15) is 22.8 Å². The minimum absolute atomic E-state index is 0.0261. The Kier molecular flexibility index (Phi) is 2.88. The van der Waals surface area contributed by atoms with Crippen LogP contribution >= 0.6 is 0 Å². The van der Waals surface area contributed by atoms with Gasteiger partial charge in [-0.3, -0.25) is 9.59 Å². The monoisotopic (exact) mass is 286 g/mol. The molecule has 0 unspecified atom stereocenters.